The van der Waals surface area contributed by atoms with E-state index in [9.17, 15) is 4.79 Å². The largest absolute Gasteiger partial charge is 0.352 e. The lowest BCUT2D eigenvalue weighted by atomic mass is 9.89. The molecule has 2 unspecified atom stereocenters. The zero-order chi connectivity index (χ0) is 14.5. The van der Waals surface area contributed by atoms with E-state index in [1.165, 1.54) is 25.7 Å². The Hall–Kier alpha value is -0.970. The number of aromatic nitrogens is 2. The summed E-state index contributed by atoms with van der Waals surface area (Å²) in [6.07, 6.45) is 5.66. The zero-order valence-corrected chi connectivity index (χ0v) is 13.7. The molecule has 1 aromatic heterocycles. The Balaban J connectivity index is 1.99. The SMILES string of the molecule is CCc1nnc(C)cc1C(=O)NCC1CCCCC1Br. The van der Waals surface area contributed by atoms with Crippen molar-refractivity contribution in [2.75, 3.05) is 6.54 Å². The summed E-state index contributed by atoms with van der Waals surface area (Å²) in [4.78, 5) is 12.9. The van der Waals surface area contributed by atoms with Crippen LogP contribution in [-0.2, 0) is 6.42 Å². The van der Waals surface area contributed by atoms with Gasteiger partial charge in [0.2, 0.25) is 0 Å². The first-order valence-corrected chi connectivity index (χ1v) is 8.28. The van der Waals surface area contributed by atoms with Crippen LogP contribution in [0.1, 0.15) is 54.4 Å². The van der Waals surface area contributed by atoms with Gasteiger partial charge in [-0.25, -0.2) is 0 Å². The third-order valence-electron chi connectivity index (χ3n) is 3.91. The fourth-order valence-electron chi connectivity index (χ4n) is 2.68. The van der Waals surface area contributed by atoms with Crippen molar-refractivity contribution < 1.29 is 4.79 Å². The second-order valence-corrected chi connectivity index (χ2v) is 6.65. The minimum absolute atomic E-state index is 0.0230. The van der Waals surface area contributed by atoms with Crippen LogP contribution in [0.4, 0.5) is 0 Å². The molecular formula is C15H22BrN3O. The van der Waals surface area contributed by atoms with Gasteiger partial charge in [0.25, 0.3) is 5.91 Å². The molecule has 1 heterocycles. The minimum Gasteiger partial charge on any atom is -0.352 e. The Morgan fingerprint density at radius 3 is 2.85 bits per heavy atom. The number of hydrogen-bond donors (Lipinski definition) is 1. The van der Waals surface area contributed by atoms with Crippen LogP contribution in [0, 0.1) is 12.8 Å². The molecule has 5 heteroatoms. The number of halogens is 1. The van der Waals surface area contributed by atoms with Crippen LogP contribution in [0.2, 0.25) is 0 Å². The maximum atomic E-state index is 12.3. The van der Waals surface area contributed by atoms with Crippen LogP contribution in [-0.4, -0.2) is 27.5 Å². The van der Waals surface area contributed by atoms with Crippen molar-refractivity contribution in [3.63, 3.8) is 0 Å². The number of nitrogens with zero attached hydrogens (tertiary/aromatic N) is 2. The van der Waals surface area contributed by atoms with Gasteiger partial charge in [-0.3, -0.25) is 4.79 Å². The number of aryl methyl sites for hydroxylation is 2. The lowest BCUT2D eigenvalue weighted by molar-refractivity contribution is 0.0942. The molecule has 2 rings (SSSR count). The van der Waals surface area contributed by atoms with Crippen LogP contribution in [0.5, 0.6) is 0 Å². The second-order valence-electron chi connectivity index (χ2n) is 5.47. The van der Waals surface area contributed by atoms with E-state index in [1.54, 1.807) is 0 Å². The van der Waals surface area contributed by atoms with Crippen LogP contribution in [0.15, 0.2) is 6.07 Å². The highest BCUT2D eigenvalue weighted by Gasteiger charge is 2.23. The molecule has 4 nitrogen and oxygen atoms in total. The van der Waals surface area contributed by atoms with Crippen molar-refractivity contribution in [1.82, 2.24) is 15.5 Å². The summed E-state index contributed by atoms with van der Waals surface area (Å²) in [6.45, 7) is 4.59. The van der Waals surface area contributed by atoms with Gasteiger partial charge >= 0.3 is 0 Å². The standard InChI is InChI=1S/C15H22BrN3O/c1-3-14-12(8-10(2)18-19-14)15(20)17-9-11-6-4-5-7-13(11)16/h8,11,13H,3-7,9H2,1-2H3,(H,17,20). The van der Waals surface area contributed by atoms with E-state index in [-0.39, 0.29) is 5.91 Å². The predicted octanol–water partition coefficient (Wildman–Crippen LogP) is 3.03. The Morgan fingerprint density at radius 2 is 2.15 bits per heavy atom. The molecule has 1 amide bonds. The molecule has 0 aromatic carbocycles. The molecule has 0 radical (unpaired) electrons. The topological polar surface area (TPSA) is 54.9 Å². The first-order chi connectivity index (χ1) is 9.61. The van der Waals surface area contributed by atoms with Crippen LogP contribution < -0.4 is 5.32 Å². The van der Waals surface area contributed by atoms with Gasteiger partial charge in [0.15, 0.2) is 0 Å². The quantitative estimate of drug-likeness (QED) is 0.857. The van der Waals surface area contributed by atoms with Gasteiger partial charge in [0, 0.05) is 11.4 Å². The van der Waals surface area contributed by atoms with E-state index >= 15 is 0 Å². The van der Waals surface area contributed by atoms with Crippen molar-refractivity contribution in [2.24, 2.45) is 5.92 Å². The highest BCUT2D eigenvalue weighted by molar-refractivity contribution is 9.09. The van der Waals surface area contributed by atoms with Gasteiger partial charge in [0.05, 0.1) is 17.0 Å². The number of nitrogens with one attached hydrogen (secondary N) is 1. The molecule has 2 atom stereocenters. The van der Waals surface area contributed by atoms with Gasteiger partial charge in [-0.15, -0.1) is 0 Å². The molecule has 0 aliphatic heterocycles. The maximum Gasteiger partial charge on any atom is 0.253 e. The van der Waals surface area contributed by atoms with Crippen molar-refractivity contribution in [3.8, 4) is 0 Å². The van der Waals surface area contributed by atoms with E-state index in [2.05, 4.69) is 31.4 Å². The van der Waals surface area contributed by atoms with E-state index in [0.29, 0.717) is 16.3 Å². The Kier molecular flexibility index (Phi) is 5.52. The van der Waals surface area contributed by atoms with E-state index in [0.717, 1.165) is 24.4 Å². The fraction of sp³-hybridized carbons (Fsp3) is 0.667. The van der Waals surface area contributed by atoms with Crippen LogP contribution in [0.25, 0.3) is 0 Å². The summed E-state index contributed by atoms with van der Waals surface area (Å²) < 4.78 is 0. The van der Waals surface area contributed by atoms with Crippen molar-refractivity contribution in [3.05, 3.63) is 23.0 Å². The van der Waals surface area contributed by atoms with E-state index < -0.39 is 0 Å². The number of alkyl halides is 1. The Morgan fingerprint density at radius 1 is 1.40 bits per heavy atom. The maximum absolute atomic E-state index is 12.3. The number of hydrogen-bond acceptors (Lipinski definition) is 3. The molecule has 20 heavy (non-hydrogen) atoms. The smallest absolute Gasteiger partial charge is 0.253 e. The summed E-state index contributed by atoms with van der Waals surface area (Å²) in [5.41, 5.74) is 2.22. The Bertz CT molecular complexity index is 478. The normalized spacial score (nSPS) is 22.6. The summed E-state index contributed by atoms with van der Waals surface area (Å²) >= 11 is 3.73. The summed E-state index contributed by atoms with van der Waals surface area (Å²) in [5, 5.41) is 11.2. The van der Waals surface area contributed by atoms with Crippen molar-refractivity contribution in [2.45, 2.75) is 50.8 Å². The molecule has 0 bridgehead atoms. The van der Waals surface area contributed by atoms with Gasteiger partial charge in [-0.1, -0.05) is 35.7 Å². The first-order valence-electron chi connectivity index (χ1n) is 7.37. The molecule has 1 saturated carbocycles. The van der Waals surface area contributed by atoms with Gasteiger partial charge in [-0.2, -0.15) is 10.2 Å². The van der Waals surface area contributed by atoms with Crippen molar-refractivity contribution in [1.29, 1.82) is 0 Å². The lowest BCUT2D eigenvalue weighted by Crippen LogP contribution is -2.35. The highest BCUT2D eigenvalue weighted by Crippen LogP contribution is 2.29. The van der Waals surface area contributed by atoms with Crippen LogP contribution >= 0.6 is 15.9 Å². The number of carbonyl (C=O) groups is 1. The van der Waals surface area contributed by atoms with E-state index in [1.807, 2.05) is 19.9 Å². The van der Waals surface area contributed by atoms with E-state index in [4.69, 9.17) is 0 Å². The monoisotopic (exact) mass is 339 g/mol. The zero-order valence-electron chi connectivity index (χ0n) is 12.2. The van der Waals surface area contributed by atoms with Gasteiger partial charge in [-0.05, 0) is 38.2 Å². The number of carbonyl (C=O) groups excluding carboxylic acids is 1. The second kappa shape index (κ2) is 7.16. The molecule has 1 aliphatic rings. The molecule has 110 valence electrons. The molecule has 1 aliphatic carbocycles. The fourth-order valence-corrected chi connectivity index (χ4v) is 3.46. The van der Waals surface area contributed by atoms with Gasteiger partial charge in [0.1, 0.15) is 0 Å². The summed E-state index contributed by atoms with van der Waals surface area (Å²) in [5.74, 6) is 0.513. The lowest BCUT2D eigenvalue weighted by Gasteiger charge is -2.27. The molecule has 0 saturated heterocycles. The Labute approximate surface area is 128 Å². The van der Waals surface area contributed by atoms with Crippen LogP contribution in [0.3, 0.4) is 0 Å². The average Bonchev–Trinajstić information content (AvgIpc) is 2.46. The van der Waals surface area contributed by atoms with Gasteiger partial charge < -0.3 is 5.32 Å². The average molecular weight is 340 g/mol. The number of amides is 1. The molecule has 1 N–H and O–H groups in total. The molecule has 0 spiro atoms. The summed E-state index contributed by atoms with van der Waals surface area (Å²) in [6, 6.07) is 1.83. The minimum atomic E-state index is -0.0230. The highest BCUT2D eigenvalue weighted by atomic mass is 79.9. The van der Waals surface area contributed by atoms with Crippen molar-refractivity contribution >= 4 is 21.8 Å². The number of rotatable bonds is 4. The first kappa shape index (κ1) is 15.4. The molecule has 1 fully saturated rings. The third-order valence-corrected chi connectivity index (χ3v) is 5.12. The molecule has 1 aromatic rings. The molecular weight excluding hydrogens is 318 g/mol. The predicted molar refractivity (Wildman–Crippen MR) is 83.2 cm³/mol. The summed E-state index contributed by atoms with van der Waals surface area (Å²) in [7, 11) is 0. The third kappa shape index (κ3) is 3.78.